The Morgan fingerprint density at radius 1 is 1.21 bits per heavy atom. The van der Waals surface area contributed by atoms with Gasteiger partial charge in [-0.3, -0.25) is 5.43 Å². The predicted molar refractivity (Wildman–Crippen MR) is 56.0 cm³/mol. The first-order chi connectivity index (χ1) is 6.75. The summed E-state index contributed by atoms with van der Waals surface area (Å²) < 4.78 is 1.56. The maximum Gasteiger partial charge on any atom is 0.137 e. The minimum absolute atomic E-state index is 0.144. The summed E-state index contributed by atoms with van der Waals surface area (Å²) in [5.41, 5.74) is 9.57. The van der Waals surface area contributed by atoms with Crippen LogP contribution in [0.2, 0.25) is 0 Å². The van der Waals surface area contributed by atoms with Crippen molar-refractivity contribution in [1.82, 2.24) is 4.68 Å². The molecular formula is C10H11N3O. The molecule has 14 heavy (non-hydrogen) atoms. The fourth-order valence-corrected chi connectivity index (χ4v) is 1.21. The second-order valence-corrected chi connectivity index (χ2v) is 2.97. The molecule has 0 saturated heterocycles. The Morgan fingerprint density at radius 3 is 2.50 bits per heavy atom. The van der Waals surface area contributed by atoms with E-state index < -0.39 is 0 Å². The molecule has 4 N–H and O–H groups in total. The van der Waals surface area contributed by atoms with Crippen LogP contribution in [0.4, 0.5) is 11.5 Å². The normalized spacial score (nSPS) is 10.0. The first-order valence-electron chi connectivity index (χ1n) is 4.24. The Hall–Kier alpha value is -2.10. The zero-order valence-electron chi connectivity index (χ0n) is 7.51. The zero-order chi connectivity index (χ0) is 9.97. The number of benzene rings is 1. The van der Waals surface area contributed by atoms with Gasteiger partial charge in [0.15, 0.2) is 0 Å². The standard InChI is InChI=1S/C10H11N3O/c11-10-6-9(14)7-13(10)12-8-4-2-1-3-5-8/h1-7,12,14H,11H2. The average Bonchev–Trinajstić information content (AvgIpc) is 2.47. The van der Waals surface area contributed by atoms with Crippen molar-refractivity contribution in [2.75, 3.05) is 11.2 Å². The van der Waals surface area contributed by atoms with Crippen molar-refractivity contribution in [3.63, 3.8) is 0 Å². The fourth-order valence-electron chi connectivity index (χ4n) is 1.21. The highest BCUT2D eigenvalue weighted by atomic mass is 16.3. The Morgan fingerprint density at radius 2 is 1.93 bits per heavy atom. The summed E-state index contributed by atoms with van der Waals surface area (Å²) in [4.78, 5) is 0. The van der Waals surface area contributed by atoms with E-state index in [1.54, 1.807) is 4.68 Å². The van der Waals surface area contributed by atoms with Gasteiger partial charge in [-0.15, -0.1) is 0 Å². The van der Waals surface area contributed by atoms with Gasteiger partial charge in [-0.25, -0.2) is 4.68 Å². The molecule has 1 heterocycles. The molecule has 0 aliphatic heterocycles. The minimum atomic E-state index is 0.144. The van der Waals surface area contributed by atoms with E-state index in [1.807, 2.05) is 30.3 Å². The molecule has 0 spiro atoms. The van der Waals surface area contributed by atoms with Crippen molar-refractivity contribution in [3.05, 3.63) is 42.6 Å². The second kappa shape index (κ2) is 3.33. The third-order valence-corrected chi connectivity index (χ3v) is 1.86. The highest BCUT2D eigenvalue weighted by Crippen LogP contribution is 2.17. The maximum atomic E-state index is 9.17. The van der Waals surface area contributed by atoms with E-state index in [2.05, 4.69) is 5.43 Å². The van der Waals surface area contributed by atoms with E-state index >= 15 is 0 Å². The molecule has 1 aromatic heterocycles. The summed E-state index contributed by atoms with van der Waals surface area (Å²) in [7, 11) is 0. The zero-order valence-corrected chi connectivity index (χ0v) is 7.51. The van der Waals surface area contributed by atoms with E-state index in [-0.39, 0.29) is 5.75 Å². The van der Waals surface area contributed by atoms with Gasteiger partial charge in [-0.1, -0.05) is 18.2 Å². The highest BCUT2D eigenvalue weighted by molar-refractivity contribution is 5.47. The van der Waals surface area contributed by atoms with Crippen LogP contribution in [0.15, 0.2) is 42.6 Å². The van der Waals surface area contributed by atoms with Crippen LogP contribution in [0.1, 0.15) is 0 Å². The molecule has 0 radical (unpaired) electrons. The van der Waals surface area contributed by atoms with Crippen molar-refractivity contribution >= 4 is 11.5 Å². The number of nitrogens with one attached hydrogen (secondary N) is 1. The monoisotopic (exact) mass is 189 g/mol. The van der Waals surface area contributed by atoms with Crippen LogP contribution in [0, 0.1) is 0 Å². The quantitative estimate of drug-likeness (QED) is 0.673. The topological polar surface area (TPSA) is 63.2 Å². The van der Waals surface area contributed by atoms with E-state index in [4.69, 9.17) is 5.73 Å². The largest absolute Gasteiger partial charge is 0.506 e. The number of para-hydroxylation sites is 1. The summed E-state index contributed by atoms with van der Waals surface area (Å²) >= 11 is 0. The molecule has 0 atom stereocenters. The van der Waals surface area contributed by atoms with Crippen LogP contribution in [-0.4, -0.2) is 9.78 Å². The van der Waals surface area contributed by atoms with Crippen LogP contribution in [0.3, 0.4) is 0 Å². The van der Waals surface area contributed by atoms with E-state index in [0.29, 0.717) is 5.82 Å². The summed E-state index contributed by atoms with van der Waals surface area (Å²) in [5.74, 6) is 0.609. The first kappa shape index (κ1) is 8.50. The molecule has 2 rings (SSSR count). The number of aromatic hydroxyl groups is 1. The Balaban J connectivity index is 2.23. The summed E-state index contributed by atoms with van der Waals surface area (Å²) in [6, 6.07) is 11.1. The van der Waals surface area contributed by atoms with Crippen LogP contribution in [-0.2, 0) is 0 Å². The number of rotatable bonds is 2. The number of aromatic nitrogens is 1. The van der Waals surface area contributed by atoms with Gasteiger partial charge in [-0.2, -0.15) is 0 Å². The van der Waals surface area contributed by atoms with Crippen LogP contribution in [0.5, 0.6) is 5.75 Å². The molecule has 2 aromatic rings. The van der Waals surface area contributed by atoms with Gasteiger partial charge in [0.2, 0.25) is 0 Å². The molecule has 4 heteroatoms. The number of anilines is 2. The third-order valence-electron chi connectivity index (χ3n) is 1.86. The van der Waals surface area contributed by atoms with Gasteiger partial charge in [0, 0.05) is 6.07 Å². The van der Waals surface area contributed by atoms with E-state index in [9.17, 15) is 5.11 Å². The Bertz CT molecular complexity index is 422. The first-order valence-corrected chi connectivity index (χ1v) is 4.24. The molecule has 0 fully saturated rings. The van der Waals surface area contributed by atoms with E-state index in [1.165, 1.54) is 12.3 Å². The molecule has 0 aliphatic rings. The molecule has 4 nitrogen and oxygen atoms in total. The number of hydrogen-bond donors (Lipinski definition) is 3. The van der Waals surface area contributed by atoms with Gasteiger partial charge in [0.25, 0.3) is 0 Å². The summed E-state index contributed by atoms with van der Waals surface area (Å²) in [6.45, 7) is 0. The maximum absolute atomic E-state index is 9.17. The van der Waals surface area contributed by atoms with Crippen LogP contribution < -0.4 is 11.2 Å². The van der Waals surface area contributed by atoms with Gasteiger partial charge in [0.1, 0.15) is 11.6 Å². The molecule has 0 aliphatic carbocycles. The lowest BCUT2D eigenvalue weighted by Gasteiger charge is -2.08. The smallest absolute Gasteiger partial charge is 0.137 e. The summed E-state index contributed by atoms with van der Waals surface area (Å²) in [6.07, 6.45) is 1.52. The molecule has 0 bridgehead atoms. The second-order valence-electron chi connectivity index (χ2n) is 2.97. The van der Waals surface area contributed by atoms with Crippen molar-refractivity contribution in [3.8, 4) is 5.75 Å². The van der Waals surface area contributed by atoms with Crippen LogP contribution >= 0.6 is 0 Å². The van der Waals surface area contributed by atoms with Crippen molar-refractivity contribution in [2.45, 2.75) is 0 Å². The molecule has 1 aromatic carbocycles. The Labute approximate surface area is 81.6 Å². The van der Waals surface area contributed by atoms with Gasteiger partial charge in [0.05, 0.1) is 11.9 Å². The number of nitrogens with zero attached hydrogens (tertiary/aromatic N) is 1. The highest BCUT2D eigenvalue weighted by Gasteiger charge is 2.00. The molecule has 0 saturated carbocycles. The lowest BCUT2D eigenvalue weighted by Crippen LogP contribution is -2.10. The third kappa shape index (κ3) is 1.64. The van der Waals surface area contributed by atoms with Crippen molar-refractivity contribution in [2.24, 2.45) is 0 Å². The number of nitrogen functional groups attached to an aromatic ring is 1. The molecule has 0 unspecified atom stereocenters. The minimum Gasteiger partial charge on any atom is -0.506 e. The molecule has 0 amide bonds. The number of nitrogens with two attached hydrogens (primary N) is 1. The van der Waals surface area contributed by atoms with E-state index in [0.717, 1.165) is 5.69 Å². The SMILES string of the molecule is Nc1cc(O)cn1Nc1ccccc1. The molecule has 72 valence electrons. The number of hydrogen-bond acceptors (Lipinski definition) is 3. The van der Waals surface area contributed by atoms with Crippen molar-refractivity contribution in [1.29, 1.82) is 0 Å². The lowest BCUT2D eigenvalue weighted by atomic mass is 10.3. The average molecular weight is 189 g/mol. The van der Waals surface area contributed by atoms with Crippen molar-refractivity contribution < 1.29 is 5.11 Å². The lowest BCUT2D eigenvalue weighted by molar-refractivity contribution is 0.475. The Kier molecular flexibility index (Phi) is 2.02. The van der Waals surface area contributed by atoms with Gasteiger partial charge in [-0.05, 0) is 12.1 Å². The van der Waals surface area contributed by atoms with Gasteiger partial charge < -0.3 is 10.8 Å². The summed E-state index contributed by atoms with van der Waals surface area (Å²) in [5, 5.41) is 9.17. The molecular weight excluding hydrogens is 178 g/mol. The predicted octanol–water partition coefficient (Wildman–Crippen LogP) is 1.65. The van der Waals surface area contributed by atoms with Crippen LogP contribution in [0.25, 0.3) is 0 Å². The van der Waals surface area contributed by atoms with Gasteiger partial charge >= 0.3 is 0 Å². The fraction of sp³-hybridized carbons (Fsp3) is 0.